The Morgan fingerprint density at radius 1 is 1.25 bits per heavy atom. The average molecular weight is 287 g/mol. The molecular weight excluding hydrogens is 270 g/mol. The molecule has 1 aromatic carbocycles. The van der Waals surface area contributed by atoms with E-state index in [0.29, 0.717) is 12.2 Å². The minimum Gasteiger partial charge on any atom is -0.480 e. The lowest BCUT2D eigenvalue weighted by atomic mass is 10.1. The highest BCUT2D eigenvalue weighted by Crippen LogP contribution is 2.21. The van der Waals surface area contributed by atoms with E-state index < -0.39 is 11.2 Å². The van der Waals surface area contributed by atoms with E-state index in [1.807, 2.05) is 43.3 Å². The Morgan fingerprint density at radius 3 is 2.65 bits per heavy atom. The van der Waals surface area contributed by atoms with E-state index in [1.165, 1.54) is 11.8 Å². The predicted octanol–water partition coefficient (Wildman–Crippen LogP) is 3.32. The third-order valence-electron chi connectivity index (χ3n) is 2.92. The zero-order chi connectivity index (χ0) is 14.4. The molecule has 0 spiro atoms. The second-order valence-electron chi connectivity index (χ2n) is 4.70. The van der Waals surface area contributed by atoms with Crippen LogP contribution >= 0.6 is 11.8 Å². The van der Waals surface area contributed by atoms with Crippen LogP contribution < -0.4 is 0 Å². The first-order chi connectivity index (χ1) is 9.65. The van der Waals surface area contributed by atoms with Gasteiger partial charge >= 0.3 is 5.97 Å². The molecule has 0 fully saturated rings. The van der Waals surface area contributed by atoms with Gasteiger partial charge in [-0.15, -0.1) is 11.8 Å². The zero-order valence-electron chi connectivity index (χ0n) is 11.3. The van der Waals surface area contributed by atoms with Crippen LogP contribution in [0.15, 0.2) is 48.8 Å². The number of hydrogen-bond acceptors (Lipinski definition) is 3. The van der Waals surface area contributed by atoms with E-state index in [0.717, 1.165) is 16.7 Å². The van der Waals surface area contributed by atoms with Gasteiger partial charge in [-0.25, -0.2) is 0 Å². The maximum Gasteiger partial charge on any atom is 0.316 e. The summed E-state index contributed by atoms with van der Waals surface area (Å²) in [5, 5.41) is 8.90. The van der Waals surface area contributed by atoms with Gasteiger partial charge in [-0.3, -0.25) is 9.78 Å². The highest BCUT2D eigenvalue weighted by atomic mass is 32.2. The fraction of sp³-hybridized carbons (Fsp3) is 0.250. The molecule has 2 aromatic rings. The first-order valence-electron chi connectivity index (χ1n) is 6.44. The van der Waals surface area contributed by atoms with Crippen LogP contribution in [0.4, 0.5) is 0 Å². The Bertz CT molecular complexity index is 572. The van der Waals surface area contributed by atoms with Gasteiger partial charge in [0, 0.05) is 18.1 Å². The summed E-state index contributed by atoms with van der Waals surface area (Å²) in [6.45, 7) is 1.99. The quantitative estimate of drug-likeness (QED) is 0.885. The molecule has 3 nitrogen and oxygen atoms in total. The van der Waals surface area contributed by atoms with E-state index in [1.54, 1.807) is 12.4 Å². The SMILES string of the molecule is Cc1cncc(CSC(Cc2ccccc2)C(=O)O)c1. The minimum absolute atomic E-state index is 0.432. The molecule has 2 rings (SSSR count). The number of benzene rings is 1. The van der Waals surface area contributed by atoms with Crippen molar-refractivity contribution < 1.29 is 9.90 Å². The summed E-state index contributed by atoms with van der Waals surface area (Å²) in [7, 11) is 0. The van der Waals surface area contributed by atoms with Crippen LogP contribution in [0.3, 0.4) is 0 Å². The van der Waals surface area contributed by atoms with Crippen LogP contribution in [-0.4, -0.2) is 21.3 Å². The van der Waals surface area contributed by atoms with Gasteiger partial charge in [0.2, 0.25) is 0 Å². The Balaban J connectivity index is 1.98. The van der Waals surface area contributed by atoms with Gasteiger partial charge in [0.25, 0.3) is 0 Å². The topological polar surface area (TPSA) is 50.2 Å². The molecule has 0 aliphatic carbocycles. The summed E-state index contributed by atoms with van der Waals surface area (Å²) < 4.78 is 0. The molecule has 1 heterocycles. The van der Waals surface area contributed by atoms with Crippen molar-refractivity contribution in [3.8, 4) is 0 Å². The van der Waals surface area contributed by atoms with Crippen LogP contribution in [0, 0.1) is 6.92 Å². The summed E-state index contributed by atoms with van der Waals surface area (Å²) >= 11 is 1.45. The second kappa shape index (κ2) is 7.10. The third-order valence-corrected chi connectivity index (χ3v) is 4.19. The molecule has 4 heteroatoms. The summed E-state index contributed by atoms with van der Waals surface area (Å²) in [5.74, 6) is -0.0992. The lowest BCUT2D eigenvalue weighted by Crippen LogP contribution is -2.19. The molecule has 1 atom stereocenters. The van der Waals surface area contributed by atoms with Gasteiger partial charge in [0.1, 0.15) is 5.25 Å². The lowest BCUT2D eigenvalue weighted by Gasteiger charge is -2.12. The number of pyridine rings is 1. The van der Waals surface area contributed by atoms with E-state index in [2.05, 4.69) is 4.98 Å². The average Bonchev–Trinajstić information content (AvgIpc) is 2.44. The molecule has 0 bridgehead atoms. The fourth-order valence-corrected chi connectivity index (χ4v) is 2.94. The van der Waals surface area contributed by atoms with E-state index in [4.69, 9.17) is 0 Å². The van der Waals surface area contributed by atoms with Crippen molar-refractivity contribution in [3.63, 3.8) is 0 Å². The van der Waals surface area contributed by atoms with Crippen molar-refractivity contribution in [3.05, 3.63) is 65.5 Å². The number of carbonyl (C=O) groups is 1. The standard InChI is InChI=1S/C16H17NO2S/c1-12-7-14(10-17-9-12)11-20-15(16(18)19)8-13-5-3-2-4-6-13/h2-7,9-10,15H,8,11H2,1H3,(H,18,19). The summed E-state index contributed by atoms with van der Waals surface area (Å²) in [6, 6.07) is 11.8. The highest BCUT2D eigenvalue weighted by molar-refractivity contribution is 7.99. The molecule has 0 saturated carbocycles. The van der Waals surface area contributed by atoms with Crippen LogP contribution in [0.2, 0.25) is 0 Å². The van der Waals surface area contributed by atoms with Crippen molar-refractivity contribution >= 4 is 17.7 Å². The molecule has 104 valence electrons. The smallest absolute Gasteiger partial charge is 0.316 e. The van der Waals surface area contributed by atoms with Gasteiger partial charge in [0.15, 0.2) is 0 Å². The third kappa shape index (κ3) is 4.38. The number of nitrogens with zero attached hydrogens (tertiary/aromatic N) is 1. The zero-order valence-corrected chi connectivity index (χ0v) is 12.1. The van der Waals surface area contributed by atoms with E-state index >= 15 is 0 Å². The van der Waals surface area contributed by atoms with Gasteiger partial charge in [0.05, 0.1) is 0 Å². The number of thioether (sulfide) groups is 1. The molecule has 20 heavy (non-hydrogen) atoms. The molecule has 0 aliphatic rings. The van der Waals surface area contributed by atoms with Crippen LogP contribution in [0.5, 0.6) is 0 Å². The molecule has 0 saturated heterocycles. The molecular formula is C16H17NO2S. The number of aryl methyl sites for hydroxylation is 1. The molecule has 0 aliphatic heterocycles. The fourth-order valence-electron chi connectivity index (χ4n) is 1.94. The molecule has 1 aromatic heterocycles. The van der Waals surface area contributed by atoms with E-state index in [9.17, 15) is 9.90 Å². The lowest BCUT2D eigenvalue weighted by molar-refractivity contribution is -0.136. The Morgan fingerprint density at radius 2 is 2.00 bits per heavy atom. The molecule has 0 amide bonds. The van der Waals surface area contributed by atoms with E-state index in [-0.39, 0.29) is 0 Å². The Kier molecular flexibility index (Phi) is 5.18. The summed E-state index contributed by atoms with van der Waals surface area (Å²) in [6.07, 6.45) is 4.13. The van der Waals surface area contributed by atoms with Gasteiger partial charge < -0.3 is 5.11 Å². The Labute approximate surface area is 123 Å². The van der Waals surface area contributed by atoms with Crippen LogP contribution in [0.1, 0.15) is 16.7 Å². The maximum absolute atomic E-state index is 11.4. The maximum atomic E-state index is 11.4. The van der Waals surface area contributed by atoms with Crippen molar-refractivity contribution in [1.82, 2.24) is 4.98 Å². The number of rotatable bonds is 6. The first-order valence-corrected chi connectivity index (χ1v) is 7.49. The van der Waals surface area contributed by atoms with Gasteiger partial charge in [-0.1, -0.05) is 36.4 Å². The first kappa shape index (κ1) is 14.6. The summed E-state index contributed by atoms with van der Waals surface area (Å²) in [4.78, 5) is 15.5. The summed E-state index contributed by atoms with van der Waals surface area (Å²) in [5.41, 5.74) is 3.21. The number of aromatic nitrogens is 1. The van der Waals surface area contributed by atoms with Crippen molar-refractivity contribution in [2.24, 2.45) is 0 Å². The number of hydrogen-bond donors (Lipinski definition) is 1. The van der Waals surface area contributed by atoms with Crippen LogP contribution in [0.25, 0.3) is 0 Å². The van der Waals surface area contributed by atoms with Crippen LogP contribution in [-0.2, 0) is 17.0 Å². The minimum atomic E-state index is -0.764. The molecule has 1 unspecified atom stereocenters. The number of carboxylic acid groups (broad SMARTS) is 1. The molecule has 1 N–H and O–H groups in total. The van der Waals surface area contributed by atoms with Crippen molar-refractivity contribution in [2.45, 2.75) is 24.3 Å². The van der Waals surface area contributed by atoms with Gasteiger partial charge in [-0.05, 0) is 30.0 Å². The largest absolute Gasteiger partial charge is 0.480 e. The molecule has 0 radical (unpaired) electrons. The predicted molar refractivity (Wildman–Crippen MR) is 81.8 cm³/mol. The van der Waals surface area contributed by atoms with Crippen molar-refractivity contribution in [2.75, 3.05) is 0 Å². The number of aliphatic carboxylic acids is 1. The number of carboxylic acids is 1. The monoisotopic (exact) mass is 287 g/mol. The van der Waals surface area contributed by atoms with Gasteiger partial charge in [-0.2, -0.15) is 0 Å². The Hall–Kier alpha value is -1.81. The normalized spacial score (nSPS) is 12.1. The highest BCUT2D eigenvalue weighted by Gasteiger charge is 2.18. The van der Waals surface area contributed by atoms with Crippen molar-refractivity contribution in [1.29, 1.82) is 0 Å². The second-order valence-corrected chi connectivity index (χ2v) is 5.89.